The first-order chi connectivity index (χ1) is 6.16. The molecule has 0 fully saturated rings. The van der Waals surface area contributed by atoms with Crippen LogP contribution in [0.4, 0.5) is 8.78 Å². The van der Waals surface area contributed by atoms with Gasteiger partial charge in [-0.2, -0.15) is 0 Å². The van der Waals surface area contributed by atoms with E-state index in [9.17, 15) is 8.78 Å². The molecule has 2 N–H and O–H groups in total. The summed E-state index contributed by atoms with van der Waals surface area (Å²) in [7, 11) is 0. The predicted molar refractivity (Wildman–Crippen MR) is 49.7 cm³/mol. The van der Waals surface area contributed by atoms with Crippen LogP contribution in [0.1, 0.15) is 11.5 Å². The van der Waals surface area contributed by atoms with Crippen LogP contribution >= 0.6 is 15.9 Å². The number of hydrogen-bond acceptors (Lipinski definition) is 2. The fourth-order valence-corrected chi connectivity index (χ4v) is 1.59. The van der Waals surface area contributed by atoms with E-state index in [2.05, 4.69) is 20.9 Å². The van der Waals surface area contributed by atoms with E-state index in [1.54, 1.807) is 12.1 Å². The molecule has 1 aromatic rings. The van der Waals surface area contributed by atoms with Crippen LogP contribution in [-0.2, 0) is 0 Å². The lowest BCUT2D eigenvalue weighted by Gasteiger charge is -2.14. The van der Waals surface area contributed by atoms with E-state index in [1.165, 1.54) is 6.20 Å². The Bertz CT molecular complexity index is 281. The SMILES string of the molecule is NCC(c1cccnc1Br)C(F)F. The Balaban J connectivity index is 2.97. The maximum Gasteiger partial charge on any atom is 0.246 e. The Hall–Kier alpha value is -0.550. The lowest BCUT2D eigenvalue weighted by Crippen LogP contribution is -2.20. The molecule has 0 aliphatic carbocycles. The van der Waals surface area contributed by atoms with Crippen LogP contribution in [0, 0.1) is 0 Å². The van der Waals surface area contributed by atoms with Gasteiger partial charge in [0.05, 0.1) is 5.92 Å². The second-order valence-corrected chi connectivity index (χ2v) is 3.31. The highest BCUT2D eigenvalue weighted by Gasteiger charge is 2.22. The zero-order chi connectivity index (χ0) is 9.84. The number of hydrogen-bond donors (Lipinski definition) is 1. The van der Waals surface area contributed by atoms with Crippen LogP contribution in [0.3, 0.4) is 0 Å². The van der Waals surface area contributed by atoms with Crippen LogP contribution < -0.4 is 5.73 Å². The molecule has 1 rings (SSSR count). The molecule has 0 saturated heterocycles. The molecule has 0 radical (unpaired) electrons. The molecule has 1 unspecified atom stereocenters. The molecular formula is C8H9BrF2N2. The van der Waals surface area contributed by atoms with Crippen molar-refractivity contribution in [3.8, 4) is 0 Å². The Labute approximate surface area is 83.3 Å². The van der Waals surface area contributed by atoms with Crippen molar-refractivity contribution in [2.45, 2.75) is 12.3 Å². The maximum atomic E-state index is 12.4. The molecule has 1 aromatic heterocycles. The number of aromatic nitrogens is 1. The summed E-state index contributed by atoms with van der Waals surface area (Å²) in [4.78, 5) is 3.86. The molecule has 0 aliphatic rings. The molecule has 1 heterocycles. The number of nitrogens with zero attached hydrogens (tertiary/aromatic N) is 1. The third-order valence-electron chi connectivity index (χ3n) is 1.75. The number of pyridine rings is 1. The van der Waals surface area contributed by atoms with Gasteiger partial charge in [0.25, 0.3) is 0 Å². The number of alkyl halides is 2. The van der Waals surface area contributed by atoms with Gasteiger partial charge in [-0.15, -0.1) is 0 Å². The summed E-state index contributed by atoms with van der Waals surface area (Å²) in [5.74, 6) is -0.942. The van der Waals surface area contributed by atoms with E-state index >= 15 is 0 Å². The van der Waals surface area contributed by atoms with Gasteiger partial charge in [0, 0.05) is 12.7 Å². The van der Waals surface area contributed by atoms with Crippen molar-refractivity contribution >= 4 is 15.9 Å². The summed E-state index contributed by atoms with van der Waals surface area (Å²) < 4.78 is 25.3. The Kier molecular flexibility index (Phi) is 3.74. The largest absolute Gasteiger partial charge is 0.330 e. The first-order valence-electron chi connectivity index (χ1n) is 3.75. The minimum Gasteiger partial charge on any atom is -0.330 e. The average Bonchev–Trinajstić information content (AvgIpc) is 2.09. The van der Waals surface area contributed by atoms with Crippen molar-refractivity contribution in [2.24, 2.45) is 5.73 Å². The highest BCUT2D eigenvalue weighted by atomic mass is 79.9. The van der Waals surface area contributed by atoms with Crippen molar-refractivity contribution in [3.63, 3.8) is 0 Å². The zero-order valence-electron chi connectivity index (χ0n) is 6.75. The van der Waals surface area contributed by atoms with Crippen LogP contribution in [0.25, 0.3) is 0 Å². The summed E-state index contributed by atoms with van der Waals surface area (Å²) in [5, 5.41) is 0. The minimum absolute atomic E-state index is 0.0814. The van der Waals surface area contributed by atoms with Crippen LogP contribution in [-0.4, -0.2) is 18.0 Å². The van der Waals surface area contributed by atoms with Crippen molar-refractivity contribution in [3.05, 3.63) is 28.5 Å². The molecule has 0 aromatic carbocycles. The van der Waals surface area contributed by atoms with Gasteiger partial charge in [-0.05, 0) is 27.6 Å². The van der Waals surface area contributed by atoms with Gasteiger partial charge in [-0.25, -0.2) is 13.8 Å². The molecular weight excluding hydrogens is 242 g/mol. The fourth-order valence-electron chi connectivity index (χ4n) is 1.04. The quantitative estimate of drug-likeness (QED) is 0.836. The van der Waals surface area contributed by atoms with E-state index in [0.29, 0.717) is 10.2 Å². The van der Waals surface area contributed by atoms with Crippen molar-refractivity contribution < 1.29 is 8.78 Å². The van der Waals surface area contributed by atoms with Gasteiger partial charge >= 0.3 is 0 Å². The first-order valence-corrected chi connectivity index (χ1v) is 4.54. The van der Waals surface area contributed by atoms with Crippen molar-refractivity contribution in [1.82, 2.24) is 4.98 Å². The van der Waals surface area contributed by atoms with E-state index in [1.807, 2.05) is 0 Å². The first kappa shape index (κ1) is 10.5. The molecule has 0 saturated carbocycles. The van der Waals surface area contributed by atoms with Crippen LogP contribution in [0.2, 0.25) is 0 Å². The summed E-state index contributed by atoms with van der Waals surface area (Å²) in [6.07, 6.45) is -0.919. The average molecular weight is 251 g/mol. The molecule has 2 nitrogen and oxygen atoms in total. The second kappa shape index (κ2) is 4.62. The molecule has 0 bridgehead atoms. The third-order valence-corrected chi connectivity index (χ3v) is 2.41. The molecule has 13 heavy (non-hydrogen) atoms. The third kappa shape index (κ3) is 2.45. The summed E-state index contributed by atoms with van der Waals surface area (Å²) >= 11 is 3.11. The molecule has 0 amide bonds. The van der Waals surface area contributed by atoms with Crippen molar-refractivity contribution in [1.29, 1.82) is 0 Å². The van der Waals surface area contributed by atoms with E-state index < -0.39 is 12.3 Å². The Morgan fingerprint density at radius 3 is 2.69 bits per heavy atom. The van der Waals surface area contributed by atoms with E-state index in [4.69, 9.17) is 5.73 Å². The summed E-state index contributed by atoms with van der Waals surface area (Å²) in [6, 6.07) is 3.21. The molecule has 1 atom stereocenters. The van der Waals surface area contributed by atoms with Gasteiger partial charge in [0.2, 0.25) is 6.43 Å². The minimum atomic E-state index is -2.45. The Morgan fingerprint density at radius 1 is 1.54 bits per heavy atom. The number of nitrogens with two attached hydrogens (primary N) is 1. The maximum absolute atomic E-state index is 12.4. The highest BCUT2D eigenvalue weighted by Crippen LogP contribution is 2.26. The lowest BCUT2D eigenvalue weighted by molar-refractivity contribution is 0.116. The van der Waals surface area contributed by atoms with E-state index in [0.717, 1.165) is 0 Å². The predicted octanol–water partition coefficient (Wildman–Crippen LogP) is 2.15. The highest BCUT2D eigenvalue weighted by molar-refractivity contribution is 9.10. The smallest absolute Gasteiger partial charge is 0.246 e. The lowest BCUT2D eigenvalue weighted by atomic mass is 10.0. The van der Waals surface area contributed by atoms with Gasteiger partial charge in [0.15, 0.2) is 0 Å². The molecule has 0 aliphatic heterocycles. The molecule has 5 heteroatoms. The number of halogens is 3. The van der Waals surface area contributed by atoms with Gasteiger partial charge in [-0.3, -0.25) is 0 Å². The van der Waals surface area contributed by atoms with Gasteiger partial charge in [-0.1, -0.05) is 6.07 Å². The summed E-state index contributed by atoms with van der Waals surface area (Å²) in [5.41, 5.74) is 5.70. The summed E-state index contributed by atoms with van der Waals surface area (Å²) in [6.45, 7) is -0.0814. The fraction of sp³-hybridized carbons (Fsp3) is 0.375. The van der Waals surface area contributed by atoms with Crippen LogP contribution in [0.15, 0.2) is 22.9 Å². The number of rotatable bonds is 3. The van der Waals surface area contributed by atoms with Crippen LogP contribution in [0.5, 0.6) is 0 Å². The Morgan fingerprint density at radius 2 is 2.23 bits per heavy atom. The molecule has 72 valence electrons. The normalized spacial score (nSPS) is 13.3. The van der Waals surface area contributed by atoms with E-state index in [-0.39, 0.29) is 6.54 Å². The monoisotopic (exact) mass is 250 g/mol. The standard InChI is InChI=1S/C8H9BrF2N2/c9-7-5(2-1-3-13-7)6(4-12)8(10)11/h1-3,6,8H,4,12H2. The second-order valence-electron chi connectivity index (χ2n) is 2.56. The van der Waals surface area contributed by atoms with Gasteiger partial charge in [0.1, 0.15) is 4.60 Å². The van der Waals surface area contributed by atoms with Gasteiger partial charge < -0.3 is 5.73 Å². The zero-order valence-corrected chi connectivity index (χ0v) is 8.34. The molecule has 0 spiro atoms. The van der Waals surface area contributed by atoms with Crippen molar-refractivity contribution in [2.75, 3.05) is 6.54 Å². The topological polar surface area (TPSA) is 38.9 Å².